The number of hydrogen-bond acceptors (Lipinski definition) is 1. The summed E-state index contributed by atoms with van der Waals surface area (Å²) >= 11 is 0. The molecule has 5 aromatic rings. The summed E-state index contributed by atoms with van der Waals surface area (Å²) in [5, 5.41) is 6.24. The van der Waals surface area contributed by atoms with Crippen molar-refractivity contribution in [2.45, 2.75) is 33.1 Å². The molecule has 0 saturated heterocycles. The monoisotopic (exact) mass is 402 g/mol. The molecule has 1 aliphatic heterocycles. The number of aromatic nitrogens is 1. The summed E-state index contributed by atoms with van der Waals surface area (Å²) in [7, 11) is 0. The molecule has 1 aliphatic rings. The molecule has 0 unspecified atom stereocenters. The van der Waals surface area contributed by atoms with E-state index in [0.29, 0.717) is 0 Å². The number of nitrogens with one attached hydrogen (secondary N) is 2. The van der Waals surface area contributed by atoms with Gasteiger partial charge in [-0.1, -0.05) is 49.7 Å². The second-order valence-corrected chi connectivity index (χ2v) is 9.44. The van der Waals surface area contributed by atoms with Crippen molar-refractivity contribution in [3.8, 4) is 11.1 Å². The molecular weight excluding hydrogens is 376 g/mol. The van der Waals surface area contributed by atoms with Crippen molar-refractivity contribution in [2.75, 3.05) is 5.32 Å². The molecule has 1 aromatic heterocycles. The molecule has 2 heterocycles. The van der Waals surface area contributed by atoms with E-state index in [0.717, 1.165) is 0 Å². The minimum atomic E-state index is -0.0518. The number of hydrogen-bond donors (Lipinski definition) is 2. The fourth-order valence-corrected chi connectivity index (χ4v) is 5.25. The number of aromatic amines is 1. The SMILES string of the molecule is Cc1ccc2[nH]c3cc(-c4ccc5c(c4)C(C)(C)c4ccccc4N5)c(C)cc3c2c1. The Hall–Kier alpha value is -3.52. The highest BCUT2D eigenvalue weighted by Crippen LogP contribution is 2.46. The van der Waals surface area contributed by atoms with E-state index in [9.17, 15) is 0 Å². The van der Waals surface area contributed by atoms with Crippen molar-refractivity contribution in [3.05, 3.63) is 95.1 Å². The van der Waals surface area contributed by atoms with Gasteiger partial charge in [0.2, 0.25) is 0 Å². The molecule has 2 nitrogen and oxygen atoms in total. The highest BCUT2D eigenvalue weighted by Gasteiger charge is 2.32. The molecule has 0 bridgehead atoms. The standard InChI is InChI=1S/C29H26N2/c1-17-9-11-25-21(13-17)22-14-18(2)20(16-28(22)30-25)19-10-12-27-24(15-19)29(3,4)23-7-5-6-8-26(23)31-27/h5-16,30-31H,1-4H3. The van der Waals surface area contributed by atoms with Crippen molar-refractivity contribution in [2.24, 2.45) is 0 Å². The minimum Gasteiger partial charge on any atom is -0.355 e. The third-order valence-electron chi connectivity index (χ3n) is 6.97. The van der Waals surface area contributed by atoms with Gasteiger partial charge in [0.05, 0.1) is 0 Å². The lowest BCUT2D eigenvalue weighted by atomic mass is 9.73. The van der Waals surface area contributed by atoms with Crippen molar-refractivity contribution < 1.29 is 0 Å². The first-order valence-electron chi connectivity index (χ1n) is 11.0. The molecule has 152 valence electrons. The van der Waals surface area contributed by atoms with E-state index in [1.165, 1.54) is 66.6 Å². The Morgan fingerprint density at radius 1 is 0.677 bits per heavy atom. The first-order valence-corrected chi connectivity index (χ1v) is 11.0. The molecule has 0 saturated carbocycles. The molecule has 2 heteroatoms. The van der Waals surface area contributed by atoms with Gasteiger partial charge >= 0.3 is 0 Å². The zero-order valence-electron chi connectivity index (χ0n) is 18.4. The minimum absolute atomic E-state index is 0.0518. The maximum Gasteiger partial charge on any atom is 0.0471 e. The van der Waals surface area contributed by atoms with Crippen molar-refractivity contribution >= 4 is 33.2 Å². The second kappa shape index (κ2) is 6.24. The van der Waals surface area contributed by atoms with Crippen LogP contribution in [0.25, 0.3) is 32.9 Å². The number of aryl methyl sites for hydroxylation is 2. The van der Waals surface area contributed by atoms with Gasteiger partial charge in [0, 0.05) is 38.6 Å². The van der Waals surface area contributed by atoms with Crippen LogP contribution in [-0.4, -0.2) is 4.98 Å². The number of rotatable bonds is 1. The van der Waals surface area contributed by atoms with E-state index < -0.39 is 0 Å². The van der Waals surface area contributed by atoms with Crippen LogP contribution >= 0.6 is 0 Å². The van der Waals surface area contributed by atoms with Crippen LogP contribution in [0.5, 0.6) is 0 Å². The highest BCUT2D eigenvalue weighted by atomic mass is 14.9. The summed E-state index contributed by atoms with van der Waals surface area (Å²) in [6.45, 7) is 9.03. The van der Waals surface area contributed by atoms with Gasteiger partial charge in [-0.25, -0.2) is 0 Å². The van der Waals surface area contributed by atoms with E-state index >= 15 is 0 Å². The Kier molecular flexibility index (Phi) is 3.68. The van der Waals surface area contributed by atoms with Crippen molar-refractivity contribution in [3.63, 3.8) is 0 Å². The van der Waals surface area contributed by atoms with Crippen LogP contribution in [0.2, 0.25) is 0 Å². The summed E-state index contributed by atoms with van der Waals surface area (Å²) < 4.78 is 0. The summed E-state index contributed by atoms with van der Waals surface area (Å²) in [6.07, 6.45) is 0. The van der Waals surface area contributed by atoms with Crippen LogP contribution in [0.3, 0.4) is 0 Å². The van der Waals surface area contributed by atoms with Crippen LogP contribution in [0.1, 0.15) is 36.1 Å². The number of H-pyrrole nitrogens is 1. The van der Waals surface area contributed by atoms with Crippen LogP contribution in [-0.2, 0) is 5.41 Å². The van der Waals surface area contributed by atoms with Crippen molar-refractivity contribution in [1.82, 2.24) is 4.98 Å². The first-order chi connectivity index (χ1) is 14.9. The van der Waals surface area contributed by atoms with Crippen LogP contribution in [0.15, 0.2) is 72.8 Å². The Morgan fingerprint density at radius 2 is 1.45 bits per heavy atom. The molecule has 0 atom stereocenters. The molecule has 6 rings (SSSR count). The topological polar surface area (TPSA) is 27.8 Å². The van der Waals surface area contributed by atoms with Gasteiger partial charge in [0.25, 0.3) is 0 Å². The quantitative estimate of drug-likeness (QED) is 0.292. The molecule has 4 aromatic carbocycles. The van der Waals surface area contributed by atoms with Crippen LogP contribution < -0.4 is 5.32 Å². The lowest BCUT2D eigenvalue weighted by Crippen LogP contribution is -2.25. The molecule has 31 heavy (non-hydrogen) atoms. The Bertz CT molecular complexity index is 1500. The molecular formula is C29H26N2. The third kappa shape index (κ3) is 2.64. The lowest BCUT2D eigenvalue weighted by molar-refractivity contribution is 0.638. The lowest BCUT2D eigenvalue weighted by Gasteiger charge is -2.36. The van der Waals surface area contributed by atoms with Gasteiger partial charge in [-0.2, -0.15) is 0 Å². The predicted molar refractivity (Wildman–Crippen MR) is 133 cm³/mol. The van der Waals surface area contributed by atoms with E-state index in [1.54, 1.807) is 0 Å². The maximum atomic E-state index is 3.64. The summed E-state index contributed by atoms with van der Waals surface area (Å²) in [6, 6.07) is 26.8. The van der Waals surface area contributed by atoms with Gasteiger partial charge in [0.1, 0.15) is 0 Å². The van der Waals surface area contributed by atoms with Crippen LogP contribution in [0.4, 0.5) is 11.4 Å². The zero-order chi connectivity index (χ0) is 21.3. The van der Waals surface area contributed by atoms with E-state index in [-0.39, 0.29) is 5.41 Å². The zero-order valence-corrected chi connectivity index (χ0v) is 18.4. The average Bonchev–Trinajstić information content (AvgIpc) is 3.10. The normalized spacial score (nSPS) is 14.3. The Labute approximate surface area is 182 Å². The number of benzene rings is 4. The highest BCUT2D eigenvalue weighted by molar-refractivity contribution is 6.09. The summed E-state index contributed by atoms with van der Waals surface area (Å²) in [5.41, 5.74) is 12.6. The molecule has 0 amide bonds. The molecule has 0 spiro atoms. The average molecular weight is 403 g/mol. The fourth-order valence-electron chi connectivity index (χ4n) is 5.25. The fraction of sp³-hybridized carbons (Fsp3) is 0.172. The number of para-hydroxylation sites is 1. The molecule has 2 N–H and O–H groups in total. The Balaban J connectivity index is 1.53. The van der Waals surface area contributed by atoms with E-state index in [4.69, 9.17) is 0 Å². The maximum absolute atomic E-state index is 3.64. The molecule has 0 fully saturated rings. The molecule has 0 radical (unpaired) electrons. The van der Waals surface area contributed by atoms with Crippen molar-refractivity contribution in [1.29, 1.82) is 0 Å². The number of fused-ring (bicyclic) bond motifs is 5. The van der Waals surface area contributed by atoms with Gasteiger partial charge in [-0.3, -0.25) is 0 Å². The van der Waals surface area contributed by atoms with E-state index in [2.05, 4.69) is 111 Å². The third-order valence-corrected chi connectivity index (χ3v) is 6.97. The van der Waals surface area contributed by atoms with Gasteiger partial charge in [-0.15, -0.1) is 0 Å². The predicted octanol–water partition coefficient (Wildman–Crippen LogP) is 7.99. The van der Waals surface area contributed by atoms with Gasteiger partial charge in [0.15, 0.2) is 0 Å². The van der Waals surface area contributed by atoms with Gasteiger partial charge in [-0.05, 0) is 84.1 Å². The second-order valence-electron chi connectivity index (χ2n) is 9.44. The summed E-state index contributed by atoms with van der Waals surface area (Å²) in [4.78, 5) is 3.62. The van der Waals surface area contributed by atoms with Crippen LogP contribution in [0, 0.1) is 13.8 Å². The number of anilines is 2. The Morgan fingerprint density at radius 3 is 2.32 bits per heavy atom. The van der Waals surface area contributed by atoms with Gasteiger partial charge < -0.3 is 10.3 Å². The first kappa shape index (κ1) is 18.3. The van der Waals surface area contributed by atoms with E-state index in [1.807, 2.05) is 0 Å². The summed E-state index contributed by atoms with van der Waals surface area (Å²) in [5.74, 6) is 0. The smallest absolute Gasteiger partial charge is 0.0471 e. The largest absolute Gasteiger partial charge is 0.355 e. The molecule has 0 aliphatic carbocycles.